The van der Waals surface area contributed by atoms with Crippen molar-refractivity contribution in [2.75, 3.05) is 13.7 Å². The van der Waals surface area contributed by atoms with Crippen LogP contribution in [0.15, 0.2) is 12.2 Å². The largest absolute Gasteiger partial charge is 0.453 e. The lowest BCUT2D eigenvalue weighted by molar-refractivity contribution is -0.117. The number of aliphatic hydroxyl groups excluding tert-OH is 1. The summed E-state index contributed by atoms with van der Waals surface area (Å²) in [6.45, 7) is 3.32. The first-order valence-electron chi connectivity index (χ1n) is 4.68. The van der Waals surface area contributed by atoms with Crippen molar-refractivity contribution in [1.82, 2.24) is 5.32 Å². The highest BCUT2D eigenvalue weighted by Crippen LogP contribution is 2.38. The van der Waals surface area contributed by atoms with E-state index in [9.17, 15) is 14.7 Å². The molecule has 15 heavy (non-hydrogen) atoms. The number of aliphatic hydroxyl groups is 1. The van der Waals surface area contributed by atoms with E-state index in [0.717, 1.165) is 5.57 Å². The number of carbonyl (C=O) groups excluding carboxylic acids is 2. The van der Waals surface area contributed by atoms with Crippen molar-refractivity contribution >= 4 is 12.4 Å². The first kappa shape index (κ1) is 11.7. The van der Waals surface area contributed by atoms with E-state index in [1.807, 2.05) is 0 Å². The molecule has 1 saturated carbocycles. The highest BCUT2D eigenvalue weighted by molar-refractivity contribution is 5.77. The number of hydrogen-bond acceptors (Lipinski definition) is 4. The van der Waals surface area contributed by atoms with Gasteiger partial charge in [0.2, 0.25) is 0 Å². The molecule has 5 nitrogen and oxygen atoms in total. The van der Waals surface area contributed by atoms with E-state index in [1.54, 1.807) is 0 Å². The number of nitrogens with one attached hydrogen (secondary N) is 1. The van der Waals surface area contributed by atoms with Crippen molar-refractivity contribution in [2.45, 2.75) is 18.4 Å². The smallest absolute Gasteiger partial charge is 0.407 e. The molecule has 1 rings (SSSR count). The number of aldehydes is 1. The van der Waals surface area contributed by atoms with E-state index >= 15 is 0 Å². The van der Waals surface area contributed by atoms with Crippen molar-refractivity contribution in [3.63, 3.8) is 0 Å². The number of alkyl carbamates (subject to hydrolysis) is 1. The third-order valence-electron chi connectivity index (χ3n) is 2.79. The maximum Gasteiger partial charge on any atom is 0.407 e. The van der Waals surface area contributed by atoms with Crippen molar-refractivity contribution < 1.29 is 19.4 Å². The zero-order valence-electron chi connectivity index (χ0n) is 8.66. The maximum atomic E-state index is 11.0. The molecule has 1 fully saturated rings. The predicted octanol–water partition coefficient (Wildman–Crippen LogP) is 0.239. The first-order chi connectivity index (χ1) is 7.07. The molecule has 0 aliphatic heterocycles. The molecular formula is C10H15NO4. The average Bonchev–Trinajstić information content (AvgIpc) is 2.22. The van der Waals surface area contributed by atoms with Crippen LogP contribution in [0.25, 0.3) is 0 Å². The van der Waals surface area contributed by atoms with Gasteiger partial charge in [0.05, 0.1) is 13.7 Å². The zero-order valence-corrected chi connectivity index (χ0v) is 8.66. The van der Waals surface area contributed by atoms with Crippen molar-refractivity contribution in [2.24, 2.45) is 5.92 Å². The highest BCUT2D eigenvalue weighted by Gasteiger charge is 2.44. The Kier molecular flexibility index (Phi) is 3.47. The van der Waals surface area contributed by atoms with Gasteiger partial charge in [-0.05, 0) is 18.8 Å². The van der Waals surface area contributed by atoms with Crippen molar-refractivity contribution in [1.29, 1.82) is 0 Å². The van der Waals surface area contributed by atoms with Gasteiger partial charge >= 0.3 is 6.09 Å². The average molecular weight is 213 g/mol. The van der Waals surface area contributed by atoms with E-state index in [1.165, 1.54) is 7.11 Å². The van der Waals surface area contributed by atoms with Gasteiger partial charge in [0.25, 0.3) is 0 Å². The van der Waals surface area contributed by atoms with Gasteiger partial charge in [-0.2, -0.15) is 0 Å². The second-order valence-corrected chi connectivity index (χ2v) is 3.79. The monoisotopic (exact) mass is 213 g/mol. The van der Waals surface area contributed by atoms with E-state index < -0.39 is 18.2 Å². The second-order valence-electron chi connectivity index (χ2n) is 3.79. The molecule has 0 spiro atoms. The van der Waals surface area contributed by atoms with Gasteiger partial charge in [-0.15, -0.1) is 0 Å². The predicted molar refractivity (Wildman–Crippen MR) is 53.3 cm³/mol. The standard InChI is InChI=1S/C10H15NO4/c1-7-3-8(4-7)10(5-12,6-13)11-9(14)15-2/h5,8,13H,1,3-4,6H2,2H3,(H,11,14). The fourth-order valence-corrected chi connectivity index (χ4v) is 1.68. The lowest BCUT2D eigenvalue weighted by atomic mass is 9.69. The molecule has 0 bridgehead atoms. The van der Waals surface area contributed by atoms with Gasteiger partial charge in [0.1, 0.15) is 11.8 Å². The third-order valence-corrected chi connectivity index (χ3v) is 2.79. The summed E-state index contributed by atoms with van der Waals surface area (Å²) in [7, 11) is 1.21. The molecule has 1 aliphatic rings. The first-order valence-corrected chi connectivity index (χ1v) is 4.68. The molecule has 1 atom stereocenters. The number of methoxy groups -OCH3 is 1. The minimum absolute atomic E-state index is 0.0911. The Labute approximate surface area is 88.1 Å². The van der Waals surface area contributed by atoms with Crippen LogP contribution in [0, 0.1) is 5.92 Å². The van der Waals surface area contributed by atoms with Gasteiger partial charge in [0, 0.05) is 0 Å². The Morgan fingerprint density at radius 2 is 2.40 bits per heavy atom. The minimum Gasteiger partial charge on any atom is -0.453 e. The molecule has 1 amide bonds. The van der Waals surface area contributed by atoms with E-state index in [4.69, 9.17) is 0 Å². The summed E-state index contributed by atoms with van der Waals surface area (Å²) in [4.78, 5) is 22.0. The van der Waals surface area contributed by atoms with E-state index in [-0.39, 0.29) is 5.92 Å². The maximum absolute atomic E-state index is 11.0. The third kappa shape index (κ3) is 2.18. The van der Waals surface area contributed by atoms with Crippen LogP contribution in [-0.4, -0.2) is 36.7 Å². The molecule has 1 unspecified atom stereocenters. The van der Waals surface area contributed by atoms with Crippen molar-refractivity contribution in [3.8, 4) is 0 Å². The van der Waals surface area contributed by atoms with Crippen LogP contribution >= 0.6 is 0 Å². The molecule has 0 aromatic carbocycles. The van der Waals surface area contributed by atoms with Crippen LogP contribution in [0.3, 0.4) is 0 Å². The molecule has 5 heteroatoms. The van der Waals surface area contributed by atoms with Crippen molar-refractivity contribution in [3.05, 3.63) is 12.2 Å². The summed E-state index contributed by atoms with van der Waals surface area (Å²) in [6.07, 6.45) is 1.14. The molecule has 1 aliphatic carbocycles. The number of carbonyl (C=O) groups is 2. The summed E-state index contributed by atoms with van der Waals surface area (Å²) in [5.41, 5.74) is -0.208. The summed E-state index contributed by atoms with van der Waals surface area (Å²) in [5, 5.41) is 11.6. The molecular weight excluding hydrogens is 198 g/mol. The quantitative estimate of drug-likeness (QED) is 0.518. The summed E-state index contributed by atoms with van der Waals surface area (Å²) >= 11 is 0. The summed E-state index contributed by atoms with van der Waals surface area (Å²) < 4.78 is 4.41. The van der Waals surface area contributed by atoms with Gasteiger partial charge in [-0.25, -0.2) is 4.79 Å². The number of ether oxygens (including phenoxy) is 1. The van der Waals surface area contributed by atoms with Crippen LogP contribution in [0.1, 0.15) is 12.8 Å². The lowest BCUT2D eigenvalue weighted by Gasteiger charge is -2.41. The molecule has 0 heterocycles. The Morgan fingerprint density at radius 3 is 2.73 bits per heavy atom. The van der Waals surface area contributed by atoms with Crippen LogP contribution in [0.2, 0.25) is 0 Å². The van der Waals surface area contributed by atoms with Crippen LogP contribution in [0.5, 0.6) is 0 Å². The Hall–Kier alpha value is -1.36. The normalized spacial score (nSPS) is 20.0. The van der Waals surface area contributed by atoms with Gasteiger partial charge in [-0.1, -0.05) is 12.2 Å². The number of amides is 1. The fourth-order valence-electron chi connectivity index (χ4n) is 1.68. The minimum atomic E-state index is -1.23. The van der Waals surface area contributed by atoms with Gasteiger partial charge in [0.15, 0.2) is 0 Å². The molecule has 84 valence electrons. The Morgan fingerprint density at radius 1 is 1.80 bits per heavy atom. The second kappa shape index (κ2) is 4.44. The highest BCUT2D eigenvalue weighted by atomic mass is 16.5. The van der Waals surface area contributed by atoms with Crippen LogP contribution in [0.4, 0.5) is 4.79 Å². The molecule has 0 aromatic rings. The number of hydrogen-bond donors (Lipinski definition) is 2. The molecule has 2 N–H and O–H groups in total. The van der Waals surface area contributed by atoms with Crippen LogP contribution < -0.4 is 5.32 Å². The summed E-state index contributed by atoms with van der Waals surface area (Å²) in [5.74, 6) is -0.0911. The summed E-state index contributed by atoms with van der Waals surface area (Å²) in [6, 6.07) is 0. The van der Waals surface area contributed by atoms with Crippen LogP contribution in [-0.2, 0) is 9.53 Å². The SMILES string of the molecule is C=C1CC(C(C=O)(CO)NC(=O)OC)C1. The molecule has 0 aromatic heterocycles. The molecule has 0 saturated heterocycles. The topological polar surface area (TPSA) is 75.6 Å². The van der Waals surface area contributed by atoms with Gasteiger partial charge in [-0.3, -0.25) is 0 Å². The number of allylic oxidation sites excluding steroid dienone is 1. The number of rotatable bonds is 4. The Balaban J connectivity index is 2.73. The Bertz CT molecular complexity index is 281. The zero-order chi connectivity index (χ0) is 11.5. The molecule has 0 radical (unpaired) electrons. The lowest BCUT2D eigenvalue weighted by Crippen LogP contribution is -2.60. The van der Waals surface area contributed by atoms with E-state index in [0.29, 0.717) is 19.1 Å². The fraction of sp³-hybridized carbons (Fsp3) is 0.600. The van der Waals surface area contributed by atoms with Gasteiger partial charge < -0.3 is 20.0 Å². The van der Waals surface area contributed by atoms with E-state index in [2.05, 4.69) is 16.6 Å².